The molecule has 0 aliphatic heterocycles. The lowest BCUT2D eigenvalue weighted by Crippen LogP contribution is -2.36. The highest BCUT2D eigenvalue weighted by Gasteiger charge is 2.14. The van der Waals surface area contributed by atoms with Gasteiger partial charge in [0.15, 0.2) is 6.10 Å². The molecule has 0 spiro atoms. The van der Waals surface area contributed by atoms with E-state index >= 15 is 0 Å². The molecule has 1 rings (SSSR count). The van der Waals surface area contributed by atoms with Crippen molar-refractivity contribution in [2.45, 2.75) is 32.4 Å². The number of carbonyl (C=O) groups excluding carboxylic acids is 1. The summed E-state index contributed by atoms with van der Waals surface area (Å²) in [5, 5.41) is 5.96. The van der Waals surface area contributed by atoms with Crippen LogP contribution in [0.15, 0.2) is 36.9 Å². The molecule has 0 fully saturated rings. The lowest BCUT2D eigenvalue weighted by Gasteiger charge is -2.17. The molecular formula is C16H24N2O2. The van der Waals surface area contributed by atoms with Crippen LogP contribution >= 0.6 is 0 Å². The van der Waals surface area contributed by atoms with E-state index in [4.69, 9.17) is 4.74 Å². The van der Waals surface area contributed by atoms with E-state index in [9.17, 15) is 4.79 Å². The summed E-state index contributed by atoms with van der Waals surface area (Å²) in [6.45, 7) is 7.87. The second-order valence-corrected chi connectivity index (χ2v) is 4.61. The average Bonchev–Trinajstić information content (AvgIpc) is 2.47. The molecule has 110 valence electrons. The van der Waals surface area contributed by atoms with E-state index in [-0.39, 0.29) is 5.91 Å². The van der Waals surface area contributed by atoms with Crippen molar-refractivity contribution in [1.29, 1.82) is 0 Å². The Hall–Kier alpha value is -1.81. The summed E-state index contributed by atoms with van der Waals surface area (Å²) < 4.78 is 5.61. The van der Waals surface area contributed by atoms with Crippen molar-refractivity contribution >= 4 is 5.91 Å². The zero-order valence-electron chi connectivity index (χ0n) is 12.5. The maximum Gasteiger partial charge on any atom is 0.261 e. The van der Waals surface area contributed by atoms with Gasteiger partial charge < -0.3 is 15.4 Å². The van der Waals surface area contributed by atoms with E-state index in [0.717, 1.165) is 6.42 Å². The maximum absolute atomic E-state index is 11.7. The number of hydrogen-bond acceptors (Lipinski definition) is 3. The summed E-state index contributed by atoms with van der Waals surface area (Å²) in [6.07, 6.45) is 2.14. The van der Waals surface area contributed by atoms with Crippen LogP contribution in [-0.2, 0) is 4.79 Å². The lowest BCUT2D eigenvalue weighted by atomic mass is 10.0. The molecular weight excluding hydrogens is 252 g/mol. The van der Waals surface area contributed by atoms with Crippen molar-refractivity contribution < 1.29 is 9.53 Å². The Morgan fingerprint density at radius 2 is 2.05 bits per heavy atom. The molecule has 0 saturated carbocycles. The third kappa shape index (κ3) is 4.70. The molecule has 4 heteroatoms. The predicted octanol–water partition coefficient (Wildman–Crippen LogP) is 2.43. The summed E-state index contributed by atoms with van der Waals surface area (Å²) >= 11 is 0. The summed E-state index contributed by atoms with van der Waals surface area (Å²) in [6, 6.07) is 8.18. The number of carbonyl (C=O) groups is 1. The standard InChI is InChI=1S/C16H24N2O2/c1-5-11-18-16(19)12(3)20-14-9-7-13(8-10-14)15(6-2)17-4/h5,7-10,12,15,17H,1,6,11H2,2-4H3,(H,18,19). The van der Waals surface area contributed by atoms with Gasteiger partial charge >= 0.3 is 0 Å². The zero-order valence-corrected chi connectivity index (χ0v) is 12.5. The number of ether oxygens (including phenoxy) is 1. The first-order valence-corrected chi connectivity index (χ1v) is 6.94. The van der Waals surface area contributed by atoms with E-state index in [2.05, 4.69) is 24.1 Å². The van der Waals surface area contributed by atoms with Crippen LogP contribution in [0.5, 0.6) is 5.75 Å². The Labute approximate surface area is 121 Å². The summed E-state index contributed by atoms with van der Waals surface area (Å²) in [5.74, 6) is 0.552. The molecule has 0 radical (unpaired) electrons. The van der Waals surface area contributed by atoms with Crippen molar-refractivity contribution in [2.24, 2.45) is 0 Å². The van der Waals surface area contributed by atoms with Crippen LogP contribution in [-0.4, -0.2) is 25.6 Å². The van der Waals surface area contributed by atoms with Crippen LogP contribution in [0, 0.1) is 0 Å². The van der Waals surface area contributed by atoms with Crippen molar-refractivity contribution in [3.05, 3.63) is 42.5 Å². The van der Waals surface area contributed by atoms with Crippen LogP contribution in [0.25, 0.3) is 0 Å². The minimum absolute atomic E-state index is 0.143. The molecule has 0 saturated heterocycles. The number of rotatable bonds is 8. The van der Waals surface area contributed by atoms with Gasteiger partial charge in [-0.1, -0.05) is 25.1 Å². The molecule has 4 nitrogen and oxygen atoms in total. The van der Waals surface area contributed by atoms with Crippen molar-refractivity contribution in [3.8, 4) is 5.75 Å². The molecule has 2 atom stereocenters. The van der Waals surface area contributed by atoms with Gasteiger partial charge in [-0.15, -0.1) is 6.58 Å². The van der Waals surface area contributed by atoms with E-state index in [1.807, 2.05) is 31.3 Å². The number of hydrogen-bond donors (Lipinski definition) is 2. The number of nitrogens with one attached hydrogen (secondary N) is 2. The maximum atomic E-state index is 11.7. The number of amides is 1. The second kappa shape index (κ2) is 8.38. The first kappa shape index (κ1) is 16.2. The topological polar surface area (TPSA) is 50.4 Å². The highest BCUT2D eigenvalue weighted by Crippen LogP contribution is 2.20. The van der Waals surface area contributed by atoms with Crippen LogP contribution in [0.3, 0.4) is 0 Å². The van der Waals surface area contributed by atoms with Crippen LogP contribution in [0.4, 0.5) is 0 Å². The summed E-state index contributed by atoms with van der Waals surface area (Å²) in [5.41, 5.74) is 1.21. The molecule has 1 aromatic carbocycles. The van der Waals surface area contributed by atoms with Gasteiger partial charge in [-0.3, -0.25) is 4.79 Å². The van der Waals surface area contributed by atoms with Gasteiger partial charge in [-0.05, 0) is 38.1 Å². The third-order valence-corrected chi connectivity index (χ3v) is 3.14. The Bertz CT molecular complexity index is 425. The van der Waals surface area contributed by atoms with Crippen LogP contribution in [0.2, 0.25) is 0 Å². The Morgan fingerprint density at radius 3 is 2.55 bits per heavy atom. The average molecular weight is 276 g/mol. The van der Waals surface area contributed by atoms with E-state index < -0.39 is 6.10 Å². The largest absolute Gasteiger partial charge is 0.481 e. The molecule has 2 unspecified atom stereocenters. The number of benzene rings is 1. The first-order chi connectivity index (χ1) is 9.62. The minimum atomic E-state index is -0.521. The molecule has 20 heavy (non-hydrogen) atoms. The summed E-state index contributed by atoms with van der Waals surface area (Å²) in [7, 11) is 1.95. The Balaban J connectivity index is 2.60. The molecule has 1 amide bonds. The molecule has 0 aromatic heterocycles. The minimum Gasteiger partial charge on any atom is -0.481 e. The fraction of sp³-hybridized carbons (Fsp3) is 0.438. The van der Waals surface area contributed by atoms with Gasteiger partial charge in [0.05, 0.1) is 0 Å². The van der Waals surface area contributed by atoms with Crippen LogP contribution in [0.1, 0.15) is 31.9 Å². The van der Waals surface area contributed by atoms with Gasteiger partial charge in [0.2, 0.25) is 0 Å². The molecule has 1 aromatic rings. The van der Waals surface area contributed by atoms with Gasteiger partial charge in [-0.25, -0.2) is 0 Å². The molecule has 0 bridgehead atoms. The van der Waals surface area contributed by atoms with Crippen molar-refractivity contribution in [2.75, 3.05) is 13.6 Å². The predicted molar refractivity (Wildman–Crippen MR) is 81.8 cm³/mol. The monoisotopic (exact) mass is 276 g/mol. The quantitative estimate of drug-likeness (QED) is 0.717. The molecule has 0 aliphatic carbocycles. The fourth-order valence-corrected chi connectivity index (χ4v) is 1.96. The molecule has 0 heterocycles. The third-order valence-electron chi connectivity index (χ3n) is 3.14. The normalized spacial score (nSPS) is 13.3. The van der Waals surface area contributed by atoms with Gasteiger partial charge in [0, 0.05) is 12.6 Å². The van der Waals surface area contributed by atoms with Crippen LogP contribution < -0.4 is 15.4 Å². The van der Waals surface area contributed by atoms with E-state index in [1.165, 1.54) is 5.56 Å². The first-order valence-electron chi connectivity index (χ1n) is 6.94. The van der Waals surface area contributed by atoms with Gasteiger partial charge in [-0.2, -0.15) is 0 Å². The lowest BCUT2D eigenvalue weighted by molar-refractivity contribution is -0.127. The van der Waals surface area contributed by atoms with E-state index in [0.29, 0.717) is 18.3 Å². The van der Waals surface area contributed by atoms with Crippen molar-refractivity contribution in [3.63, 3.8) is 0 Å². The fourth-order valence-electron chi connectivity index (χ4n) is 1.96. The highest BCUT2D eigenvalue weighted by atomic mass is 16.5. The SMILES string of the molecule is C=CCNC(=O)C(C)Oc1ccc(C(CC)NC)cc1. The zero-order chi connectivity index (χ0) is 15.0. The van der Waals surface area contributed by atoms with Crippen molar-refractivity contribution in [1.82, 2.24) is 10.6 Å². The highest BCUT2D eigenvalue weighted by molar-refractivity contribution is 5.80. The summed E-state index contributed by atoms with van der Waals surface area (Å²) in [4.78, 5) is 11.7. The Morgan fingerprint density at radius 1 is 1.40 bits per heavy atom. The van der Waals surface area contributed by atoms with Gasteiger partial charge in [0.1, 0.15) is 5.75 Å². The smallest absolute Gasteiger partial charge is 0.261 e. The molecule has 2 N–H and O–H groups in total. The Kier molecular flexibility index (Phi) is 6.81. The van der Waals surface area contributed by atoms with E-state index in [1.54, 1.807) is 13.0 Å². The molecule has 0 aliphatic rings. The second-order valence-electron chi connectivity index (χ2n) is 4.61. The van der Waals surface area contributed by atoms with Gasteiger partial charge in [0.25, 0.3) is 5.91 Å².